The lowest BCUT2D eigenvalue weighted by Gasteiger charge is -2.34. The van der Waals surface area contributed by atoms with Gasteiger partial charge in [-0.25, -0.2) is 0 Å². The quantitative estimate of drug-likeness (QED) is 0.529. The van der Waals surface area contributed by atoms with Gasteiger partial charge in [-0.15, -0.1) is 0 Å². The Kier molecular flexibility index (Phi) is 6.61. The zero-order chi connectivity index (χ0) is 22.6. The highest BCUT2D eigenvalue weighted by molar-refractivity contribution is 5.81. The lowest BCUT2D eigenvalue weighted by Crippen LogP contribution is -2.35. The minimum Gasteiger partial charge on any atom is -0.372 e. The number of hydrogen-bond donors (Lipinski definition) is 1. The summed E-state index contributed by atoms with van der Waals surface area (Å²) in [5.74, 6) is 1.75. The summed E-state index contributed by atoms with van der Waals surface area (Å²) in [5.41, 5.74) is 3.24. The van der Waals surface area contributed by atoms with Crippen molar-refractivity contribution in [2.45, 2.75) is 51.4 Å². The van der Waals surface area contributed by atoms with Gasteiger partial charge in [-0.2, -0.15) is 0 Å². The summed E-state index contributed by atoms with van der Waals surface area (Å²) < 4.78 is 0. The molecule has 0 atom stereocenters. The van der Waals surface area contributed by atoms with Crippen LogP contribution in [0.4, 0.5) is 5.69 Å². The number of carbonyl (C=O) groups excluding carboxylic acids is 1. The number of carbonyl (C=O) groups is 1. The summed E-state index contributed by atoms with van der Waals surface area (Å²) in [4.78, 5) is 31.6. The van der Waals surface area contributed by atoms with Crippen molar-refractivity contribution in [2.75, 3.05) is 18.0 Å². The first-order valence-electron chi connectivity index (χ1n) is 12.6. The standard InChI is InChI=1S/C29H34N2O2/c32-28(19-22-14-16-31(17-15-22)25-6-2-1-3-7-25)23-12-10-21(11-13-23)18-24-20-30-27-9-5-4-8-26(27)29(24)33/h1-9,20-23H,10-19H2,(H,30,33). The smallest absolute Gasteiger partial charge is 0.192 e. The summed E-state index contributed by atoms with van der Waals surface area (Å²) in [6.07, 6.45) is 9.76. The molecule has 5 rings (SSSR count). The van der Waals surface area contributed by atoms with Gasteiger partial charge in [-0.1, -0.05) is 30.3 Å². The van der Waals surface area contributed by atoms with E-state index < -0.39 is 0 Å². The molecule has 1 aromatic heterocycles. The molecule has 4 heteroatoms. The summed E-state index contributed by atoms with van der Waals surface area (Å²) in [5, 5.41) is 0.775. The fourth-order valence-corrected chi connectivity index (χ4v) is 5.85. The van der Waals surface area contributed by atoms with Gasteiger partial charge >= 0.3 is 0 Å². The molecule has 0 unspecified atom stereocenters. The number of benzene rings is 2. The van der Waals surface area contributed by atoms with Crippen LogP contribution < -0.4 is 10.3 Å². The van der Waals surface area contributed by atoms with Crippen molar-refractivity contribution < 1.29 is 4.79 Å². The Labute approximate surface area is 196 Å². The molecule has 2 aromatic carbocycles. The molecule has 0 spiro atoms. The van der Waals surface area contributed by atoms with E-state index in [0.717, 1.165) is 80.9 Å². The maximum Gasteiger partial charge on any atom is 0.192 e. The number of nitrogens with zero attached hydrogens (tertiary/aromatic N) is 1. The van der Waals surface area contributed by atoms with Gasteiger partial charge in [-0.05, 0) is 81.0 Å². The van der Waals surface area contributed by atoms with Gasteiger partial charge in [0.15, 0.2) is 5.43 Å². The molecule has 1 saturated heterocycles. The summed E-state index contributed by atoms with van der Waals surface area (Å²) in [7, 11) is 0. The minimum absolute atomic E-state index is 0.157. The summed E-state index contributed by atoms with van der Waals surface area (Å²) >= 11 is 0. The van der Waals surface area contributed by atoms with Crippen molar-refractivity contribution in [2.24, 2.45) is 17.8 Å². The van der Waals surface area contributed by atoms with E-state index in [4.69, 9.17) is 0 Å². The number of piperidine rings is 1. The van der Waals surface area contributed by atoms with Crippen LogP contribution >= 0.6 is 0 Å². The number of para-hydroxylation sites is 2. The maximum atomic E-state index is 13.0. The minimum atomic E-state index is 0.157. The van der Waals surface area contributed by atoms with Gasteiger partial charge in [0.2, 0.25) is 0 Å². The Morgan fingerprint density at radius 2 is 1.55 bits per heavy atom. The summed E-state index contributed by atoms with van der Waals surface area (Å²) in [6, 6.07) is 18.3. The number of H-pyrrole nitrogens is 1. The molecule has 2 fully saturated rings. The third-order valence-corrected chi connectivity index (χ3v) is 7.90. The van der Waals surface area contributed by atoms with Crippen molar-refractivity contribution in [3.8, 4) is 0 Å². The molecule has 33 heavy (non-hydrogen) atoms. The van der Waals surface area contributed by atoms with Gasteiger partial charge in [0.05, 0.1) is 0 Å². The number of aromatic amines is 1. The Morgan fingerprint density at radius 1 is 0.848 bits per heavy atom. The summed E-state index contributed by atoms with van der Waals surface area (Å²) in [6.45, 7) is 2.10. The number of pyridine rings is 1. The second-order valence-corrected chi connectivity index (χ2v) is 10.0. The molecular weight excluding hydrogens is 408 g/mol. The second-order valence-electron chi connectivity index (χ2n) is 10.0. The topological polar surface area (TPSA) is 53.2 Å². The highest BCUT2D eigenvalue weighted by Crippen LogP contribution is 2.34. The molecule has 4 nitrogen and oxygen atoms in total. The van der Waals surface area contributed by atoms with Crippen molar-refractivity contribution in [3.05, 3.63) is 76.6 Å². The van der Waals surface area contributed by atoms with E-state index in [1.807, 2.05) is 30.5 Å². The fraction of sp³-hybridized carbons (Fsp3) is 0.448. The SMILES string of the molecule is O=C(CC1CCN(c2ccccc2)CC1)C1CCC(Cc2c[nH]c3ccccc3c2=O)CC1. The molecular formula is C29H34N2O2. The largest absolute Gasteiger partial charge is 0.372 e. The first kappa shape index (κ1) is 21.9. The van der Waals surface area contributed by atoms with Crippen LogP contribution in [0.2, 0.25) is 0 Å². The van der Waals surface area contributed by atoms with Gasteiger partial charge in [0.25, 0.3) is 0 Å². The third-order valence-electron chi connectivity index (χ3n) is 7.90. The van der Waals surface area contributed by atoms with Gasteiger partial charge in [-0.3, -0.25) is 9.59 Å². The van der Waals surface area contributed by atoms with Crippen molar-refractivity contribution >= 4 is 22.4 Å². The van der Waals surface area contributed by atoms with Crippen LogP contribution in [-0.2, 0) is 11.2 Å². The van der Waals surface area contributed by atoms with Crippen molar-refractivity contribution in [1.82, 2.24) is 4.98 Å². The van der Waals surface area contributed by atoms with E-state index in [-0.39, 0.29) is 11.3 Å². The van der Waals surface area contributed by atoms with Gasteiger partial charge in [0.1, 0.15) is 5.78 Å². The lowest BCUT2D eigenvalue weighted by atomic mass is 9.76. The third kappa shape index (κ3) is 5.05. The number of nitrogens with one attached hydrogen (secondary N) is 1. The molecule has 0 amide bonds. The molecule has 172 valence electrons. The monoisotopic (exact) mass is 442 g/mol. The van der Waals surface area contributed by atoms with Crippen LogP contribution in [0.15, 0.2) is 65.6 Å². The Morgan fingerprint density at radius 3 is 2.30 bits per heavy atom. The Balaban J connectivity index is 1.09. The van der Waals surface area contributed by atoms with Crippen molar-refractivity contribution in [3.63, 3.8) is 0 Å². The predicted octanol–water partition coefficient (Wildman–Crippen LogP) is 5.75. The van der Waals surface area contributed by atoms with Crippen LogP contribution in [0.1, 0.15) is 50.5 Å². The van der Waals surface area contributed by atoms with Crippen LogP contribution in [0, 0.1) is 17.8 Å². The van der Waals surface area contributed by atoms with Crippen LogP contribution in [0.3, 0.4) is 0 Å². The first-order chi connectivity index (χ1) is 16.2. The molecule has 2 aliphatic rings. The molecule has 0 bridgehead atoms. The Bertz CT molecular complexity index is 1140. The highest BCUT2D eigenvalue weighted by atomic mass is 16.1. The number of hydrogen-bond acceptors (Lipinski definition) is 3. The van der Waals surface area contributed by atoms with E-state index in [9.17, 15) is 9.59 Å². The highest BCUT2D eigenvalue weighted by Gasteiger charge is 2.29. The van der Waals surface area contributed by atoms with Gasteiger partial charge in [0, 0.05) is 53.8 Å². The average molecular weight is 443 g/mol. The fourth-order valence-electron chi connectivity index (χ4n) is 5.85. The molecule has 1 N–H and O–H groups in total. The van der Waals surface area contributed by atoms with E-state index in [1.165, 1.54) is 5.69 Å². The Hall–Kier alpha value is -2.88. The molecule has 3 aromatic rings. The lowest BCUT2D eigenvalue weighted by molar-refractivity contribution is -0.125. The molecule has 1 aliphatic carbocycles. The molecule has 1 aliphatic heterocycles. The number of ketones is 1. The van der Waals surface area contributed by atoms with E-state index in [0.29, 0.717) is 17.6 Å². The van der Waals surface area contributed by atoms with E-state index in [1.54, 1.807) is 0 Å². The van der Waals surface area contributed by atoms with E-state index >= 15 is 0 Å². The van der Waals surface area contributed by atoms with Crippen LogP contribution in [0.25, 0.3) is 10.9 Å². The predicted molar refractivity (Wildman–Crippen MR) is 135 cm³/mol. The molecule has 2 heterocycles. The second kappa shape index (κ2) is 9.94. The van der Waals surface area contributed by atoms with Crippen molar-refractivity contribution in [1.29, 1.82) is 0 Å². The average Bonchev–Trinajstić information content (AvgIpc) is 2.87. The molecule has 1 saturated carbocycles. The van der Waals surface area contributed by atoms with Crippen LogP contribution in [0.5, 0.6) is 0 Å². The van der Waals surface area contributed by atoms with E-state index in [2.05, 4.69) is 40.2 Å². The number of Topliss-reactive ketones (excluding diaryl/α,β-unsaturated/α-hetero) is 1. The molecule has 0 radical (unpaired) electrons. The number of fused-ring (bicyclic) bond motifs is 1. The zero-order valence-electron chi connectivity index (χ0n) is 19.3. The normalized spacial score (nSPS) is 21.9. The zero-order valence-corrected chi connectivity index (χ0v) is 19.3. The van der Waals surface area contributed by atoms with Gasteiger partial charge < -0.3 is 9.88 Å². The maximum absolute atomic E-state index is 13.0. The number of aromatic nitrogens is 1. The number of rotatable bonds is 6. The first-order valence-corrected chi connectivity index (χ1v) is 12.6. The van der Waals surface area contributed by atoms with Crippen LogP contribution in [-0.4, -0.2) is 23.9 Å². The number of anilines is 1.